The highest BCUT2D eigenvalue weighted by atomic mass is 32.1. The Morgan fingerprint density at radius 3 is 2.10 bits per heavy atom. The van der Waals surface area contributed by atoms with Gasteiger partial charge < -0.3 is 9.80 Å². The summed E-state index contributed by atoms with van der Waals surface area (Å²) in [5, 5.41) is 1.99. The van der Waals surface area contributed by atoms with Crippen LogP contribution in [0.15, 0.2) is 176 Å². The van der Waals surface area contributed by atoms with Crippen LogP contribution in [0.1, 0.15) is 16.5 Å². The first-order valence-electron chi connectivity index (χ1n) is 16.7. The summed E-state index contributed by atoms with van der Waals surface area (Å²) in [6.07, 6.45) is 17.1. The molecule has 9 rings (SSSR count). The first-order valence-corrected chi connectivity index (χ1v) is 18.3. The van der Waals surface area contributed by atoms with E-state index in [4.69, 9.17) is 9.97 Å². The van der Waals surface area contributed by atoms with Crippen LogP contribution in [0.4, 0.5) is 22.7 Å². The Bertz CT molecular complexity index is 2410. The van der Waals surface area contributed by atoms with Crippen molar-refractivity contribution in [1.29, 1.82) is 0 Å². The molecule has 0 bridgehead atoms. The minimum Gasteiger partial charge on any atom is -0.333 e. The Hall–Kier alpha value is -5.82. The van der Waals surface area contributed by atoms with E-state index in [0.29, 0.717) is 5.92 Å². The third-order valence-electron chi connectivity index (χ3n) is 9.30. The fourth-order valence-corrected chi connectivity index (χ4v) is 8.82. The summed E-state index contributed by atoms with van der Waals surface area (Å²) in [4.78, 5) is 14.4. The lowest BCUT2D eigenvalue weighted by atomic mass is 9.91. The Morgan fingerprint density at radius 1 is 0.700 bits per heavy atom. The third-order valence-corrected chi connectivity index (χ3v) is 11.4. The summed E-state index contributed by atoms with van der Waals surface area (Å²) >= 11 is 3.41. The van der Waals surface area contributed by atoms with E-state index in [9.17, 15) is 0 Å². The number of allylic oxidation sites excluding steroid dienone is 5. The van der Waals surface area contributed by atoms with Crippen LogP contribution >= 0.6 is 22.7 Å². The maximum absolute atomic E-state index is 4.89. The molecule has 2 aromatic heterocycles. The summed E-state index contributed by atoms with van der Waals surface area (Å²) in [5.41, 5.74) is 9.98. The van der Waals surface area contributed by atoms with Crippen LogP contribution in [-0.4, -0.2) is 16.0 Å². The largest absolute Gasteiger partial charge is 0.333 e. The number of thiazole rings is 2. The van der Waals surface area contributed by atoms with E-state index < -0.39 is 0 Å². The first-order chi connectivity index (χ1) is 24.7. The summed E-state index contributed by atoms with van der Waals surface area (Å²) in [6.45, 7) is 4.25. The summed E-state index contributed by atoms with van der Waals surface area (Å²) in [5.74, 6) is 0.346. The molecular formula is C44H32N4S2. The van der Waals surface area contributed by atoms with Crippen molar-refractivity contribution in [3.63, 3.8) is 0 Å². The van der Waals surface area contributed by atoms with Gasteiger partial charge in [0, 0.05) is 39.9 Å². The molecule has 0 fully saturated rings. The molecule has 7 aromatic rings. The van der Waals surface area contributed by atoms with Crippen molar-refractivity contribution < 1.29 is 0 Å². The SMILES string of the molecule is C=C/C(=C\C=C\c1nc2ccccc2s1)N(c1ccc(-c2nc3ccccc3s2)cc1)c1ccc(N2c3ccccc3C3C=CC=CC32)cc1. The van der Waals surface area contributed by atoms with Crippen molar-refractivity contribution in [3.05, 3.63) is 187 Å². The molecule has 4 nitrogen and oxygen atoms in total. The fraction of sp³-hybridized carbons (Fsp3) is 0.0455. The van der Waals surface area contributed by atoms with Crippen molar-refractivity contribution in [2.75, 3.05) is 9.80 Å². The molecule has 3 heterocycles. The molecule has 240 valence electrons. The predicted octanol–water partition coefficient (Wildman–Crippen LogP) is 12.2. The van der Waals surface area contributed by atoms with E-state index in [-0.39, 0.29) is 6.04 Å². The highest BCUT2D eigenvalue weighted by Crippen LogP contribution is 2.48. The van der Waals surface area contributed by atoms with E-state index >= 15 is 0 Å². The molecule has 5 aromatic carbocycles. The fourth-order valence-electron chi connectivity index (χ4n) is 6.97. The van der Waals surface area contributed by atoms with Crippen molar-refractivity contribution in [3.8, 4) is 10.6 Å². The minimum absolute atomic E-state index is 0.255. The summed E-state index contributed by atoms with van der Waals surface area (Å²) in [7, 11) is 0. The van der Waals surface area contributed by atoms with E-state index in [1.54, 1.807) is 22.7 Å². The summed E-state index contributed by atoms with van der Waals surface area (Å²) in [6, 6.07) is 43.1. The van der Waals surface area contributed by atoms with Gasteiger partial charge in [-0.1, -0.05) is 79.4 Å². The molecule has 0 spiro atoms. The molecule has 0 amide bonds. The summed E-state index contributed by atoms with van der Waals surface area (Å²) < 4.78 is 2.37. The Balaban J connectivity index is 1.08. The maximum Gasteiger partial charge on any atom is 0.124 e. The van der Waals surface area contributed by atoms with Crippen molar-refractivity contribution in [2.45, 2.75) is 12.0 Å². The highest BCUT2D eigenvalue weighted by molar-refractivity contribution is 7.21. The molecule has 2 atom stereocenters. The smallest absolute Gasteiger partial charge is 0.124 e. The molecule has 0 N–H and O–H groups in total. The monoisotopic (exact) mass is 680 g/mol. The molecule has 2 unspecified atom stereocenters. The number of para-hydroxylation sites is 3. The van der Waals surface area contributed by atoms with Gasteiger partial charge in [-0.25, -0.2) is 9.97 Å². The van der Waals surface area contributed by atoms with Gasteiger partial charge in [-0.05, 0) is 103 Å². The number of rotatable bonds is 8. The van der Waals surface area contributed by atoms with Crippen molar-refractivity contribution >= 4 is 71.9 Å². The Kier molecular flexibility index (Phi) is 7.80. The first kappa shape index (κ1) is 30.3. The molecule has 2 aliphatic rings. The number of anilines is 4. The number of aromatic nitrogens is 2. The second-order valence-corrected chi connectivity index (χ2v) is 14.4. The number of hydrogen-bond acceptors (Lipinski definition) is 6. The zero-order valence-corrected chi connectivity index (χ0v) is 28.8. The topological polar surface area (TPSA) is 32.3 Å². The predicted molar refractivity (Wildman–Crippen MR) is 214 cm³/mol. The van der Waals surface area contributed by atoms with Crippen LogP contribution in [0.2, 0.25) is 0 Å². The second kappa shape index (κ2) is 12.9. The van der Waals surface area contributed by atoms with Crippen LogP contribution in [0.3, 0.4) is 0 Å². The van der Waals surface area contributed by atoms with Gasteiger partial charge in [0.1, 0.15) is 10.0 Å². The molecule has 6 heteroatoms. The second-order valence-electron chi connectivity index (χ2n) is 12.3. The van der Waals surface area contributed by atoms with Crippen molar-refractivity contribution in [1.82, 2.24) is 9.97 Å². The Morgan fingerprint density at radius 2 is 1.36 bits per heavy atom. The van der Waals surface area contributed by atoms with Crippen LogP contribution in [0, 0.1) is 0 Å². The lowest BCUT2D eigenvalue weighted by Gasteiger charge is -2.30. The van der Waals surface area contributed by atoms with Gasteiger partial charge in [0.15, 0.2) is 0 Å². The van der Waals surface area contributed by atoms with Gasteiger partial charge in [-0.2, -0.15) is 0 Å². The lowest BCUT2D eigenvalue weighted by molar-refractivity contribution is 0.745. The average Bonchev–Trinajstić information content (AvgIpc) is 3.89. The van der Waals surface area contributed by atoms with Crippen LogP contribution in [0.5, 0.6) is 0 Å². The maximum atomic E-state index is 4.89. The average molecular weight is 681 g/mol. The van der Waals surface area contributed by atoms with Gasteiger partial charge in [-0.15, -0.1) is 22.7 Å². The number of fused-ring (bicyclic) bond motifs is 5. The van der Waals surface area contributed by atoms with Gasteiger partial charge in [0.2, 0.25) is 0 Å². The van der Waals surface area contributed by atoms with Crippen molar-refractivity contribution in [2.24, 2.45) is 0 Å². The molecule has 1 aliphatic heterocycles. The lowest BCUT2D eigenvalue weighted by Crippen LogP contribution is -2.28. The van der Waals surface area contributed by atoms with Crippen LogP contribution in [-0.2, 0) is 0 Å². The van der Waals surface area contributed by atoms with Gasteiger partial charge >= 0.3 is 0 Å². The van der Waals surface area contributed by atoms with Crippen LogP contribution < -0.4 is 9.80 Å². The normalized spacial score (nSPS) is 16.7. The quantitative estimate of drug-likeness (QED) is 0.150. The standard InChI is InChI=1S/C44H32N4S2/c1-2-31(12-11-21-43-45-37-15-5-9-19-41(37)49-43)47(32-24-22-30(23-25-32)44-46-38-16-6-10-20-42(38)50-44)33-26-28-34(29-27-33)48-39-17-7-3-13-35(39)36-14-4-8-18-40(36)48/h2-29,35,39H,1H2/b21-11+,31-12+. The molecule has 50 heavy (non-hydrogen) atoms. The molecule has 0 saturated carbocycles. The third kappa shape index (κ3) is 5.49. The van der Waals surface area contributed by atoms with Gasteiger partial charge in [-0.3, -0.25) is 0 Å². The molecular weight excluding hydrogens is 649 g/mol. The molecule has 0 radical (unpaired) electrons. The number of benzene rings is 5. The molecule has 1 aliphatic carbocycles. The Labute approximate surface area is 299 Å². The van der Waals surface area contributed by atoms with E-state index in [0.717, 1.165) is 43.7 Å². The zero-order valence-electron chi connectivity index (χ0n) is 27.1. The minimum atomic E-state index is 0.255. The number of nitrogens with zero attached hydrogens (tertiary/aromatic N) is 4. The van der Waals surface area contributed by atoms with E-state index in [1.807, 2.05) is 18.2 Å². The van der Waals surface area contributed by atoms with Gasteiger partial charge in [0.25, 0.3) is 0 Å². The van der Waals surface area contributed by atoms with E-state index in [1.165, 1.54) is 26.3 Å². The van der Waals surface area contributed by atoms with Gasteiger partial charge in [0.05, 0.1) is 26.5 Å². The molecule has 0 saturated heterocycles. The van der Waals surface area contributed by atoms with E-state index in [2.05, 4.69) is 168 Å². The number of hydrogen-bond donors (Lipinski definition) is 0. The van der Waals surface area contributed by atoms with Crippen LogP contribution in [0.25, 0.3) is 37.1 Å². The zero-order chi connectivity index (χ0) is 33.4. The highest BCUT2D eigenvalue weighted by Gasteiger charge is 2.37.